The van der Waals surface area contributed by atoms with Crippen LogP contribution in [-0.2, 0) is 16.1 Å². The molecule has 0 saturated heterocycles. The molecule has 1 aromatic carbocycles. The molecule has 0 amide bonds. The van der Waals surface area contributed by atoms with Crippen LogP contribution in [0.1, 0.15) is 6.92 Å². The first kappa shape index (κ1) is 12.2. The van der Waals surface area contributed by atoms with Crippen LogP contribution in [0.25, 0.3) is 11.1 Å². The standard InChI is InChI=1S/C13H14N2O3/c1-2-18-13(17)9-15-8-10(7-14-15)11-5-3-4-6-12(11)16/h3-8,16H,2,9H2,1H3. The number of ether oxygens (including phenoxy) is 1. The number of rotatable bonds is 4. The summed E-state index contributed by atoms with van der Waals surface area (Å²) in [4.78, 5) is 11.3. The van der Waals surface area contributed by atoms with Crippen LogP contribution in [0.5, 0.6) is 5.75 Å². The van der Waals surface area contributed by atoms with Gasteiger partial charge in [0, 0.05) is 17.3 Å². The van der Waals surface area contributed by atoms with Crippen LogP contribution in [0.4, 0.5) is 0 Å². The van der Waals surface area contributed by atoms with Gasteiger partial charge in [0.15, 0.2) is 0 Å². The van der Waals surface area contributed by atoms with E-state index in [1.807, 2.05) is 6.07 Å². The number of phenols is 1. The molecule has 2 rings (SSSR count). The zero-order valence-corrected chi connectivity index (χ0v) is 10.0. The van der Waals surface area contributed by atoms with Crippen molar-refractivity contribution in [2.75, 3.05) is 6.61 Å². The number of hydrogen-bond donors (Lipinski definition) is 1. The fraction of sp³-hybridized carbons (Fsp3) is 0.231. The Morgan fingerprint density at radius 3 is 2.94 bits per heavy atom. The molecule has 1 N–H and O–H groups in total. The van der Waals surface area contributed by atoms with Gasteiger partial charge in [-0.2, -0.15) is 5.10 Å². The average molecular weight is 246 g/mol. The van der Waals surface area contributed by atoms with Crippen molar-refractivity contribution in [3.63, 3.8) is 0 Å². The monoisotopic (exact) mass is 246 g/mol. The number of para-hydroxylation sites is 1. The molecule has 0 atom stereocenters. The second-order valence-electron chi connectivity index (χ2n) is 3.75. The Labute approximate surface area is 105 Å². The third kappa shape index (κ3) is 2.68. The summed E-state index contributed by atoms with van der Waals surface area (Å²) in [7, 11) is 0. The van der Waals surface area contributed by atoms with Crippen molar-refractivity contribution in [3.05, 3.63) is 36.7 Å². The molecule has 1 heterocycles. The van der Waals surface area contributed by atoms with Gasteiger partial charge in [-0.25, -0.2) is 0 Å². The molecule has 0 fully saturated rings. The van der Waals surface area contributed by atoms with Crippen LogP contribution in [0.2, 0.25) is 0 Å². The lowest BCUT2D eigenvalue weighted by Crippen LogP contribution is -2.13. The summed E-state index contributed by atoms with van der Waals surface area (Å²) in [5.74, 6) is -0.141. The number of hydrogen-bond acceptors (Lipinski definition) is 4. The second-order valence-corrected chi connectivity index (χ2v) is 3.75. The summed E-state index contributed by atoms with van der Waals surface area (Å²) in [6.45, 7) is 2.18. The van der Waals surface area contributed by atoms with E-state index >= 15 is 0 Å². The zero-order chi connectivity index (χ0) is 13.0. The molecule has 0 bridgehead atoms. The number of carbonyl (C=O) groups is 1. The highest BCUT2D eigenvalue weighted by atomic mass is 16.5. The van der Waals surface area contributed by atoms with Gasteiger partial charge in [0.05, 0.1) is 12.8 Å². The molecule has 5 nitrogen and oxygen atoms in total. The Morgan fingerprint density at radius 2 is 2.22 bits per heavy atom. The first-order valence-corrected chi connectivity index (χ1v) is 5.67. The van der Waals surface area contributed by atoms with E-state index in [1.165, 1.54) is 4.68 Å². The maximum atomic E-state index is 11.3. The Morgan fingerprint density at radius 1 is 1.44 bits per heavy atom. The zero-order valence-electron chi connectivity index (χ0n) is 10.0. The summed E-state index contributed by atoms with van der Waals surface area (Å²) >= 11 is 0. The van der Waals surface area contributed by atoms with Crippen LogP contribution in [0, 0.1) is 0 Å². The third-order valence-electron chi connectivity index (χ3n) is 2.44. The van der Waals surface area contributed by atoms with Crippen molar-refractivity contribution in [2.24, 2.45) is 0 Å². The fourth-order valence-electron chi connectivity index (χ4n) is 1.65. The molecule has 94 valence electrons. The van der Waals surface area contributed by atoms with Gasteiger partial charge in [-0.15, -0.1) is 0 Å². The smallest absolute Gasteiger partial charge is 0.327 e. The van der Waals surface area contributed by atoms with Crippen LogP contribution in [0.15, 0.2) is 36.7 Å². The van der Waals surface area contributed by atoms with Gasteiger partial charge in [0.25, 0.3) is 0 Å². The van der Waals surface area contributed by atoms with Gasteiger partial charge < -0.3 is 9.84 Å². The van der Waals surface area contributed by atoms with Gasteiger partial charge in [0.2, 0.25) is 0 Å². The van der Waals surface area contributed by atoms with Crippen LogP contribution >= 0.6 is 0 Å². The lowest BCUT2D eigenvalue weighted by molar-refractivity contribution is -0.144. The number of esters is 1. The van der Waals surface area contributed by atoms with Crippen molar-refractivity contribution in [2.45, 2.75) is 13.5 Å². The molecule has 0 aliphatic heterocycles. The predicted octanol–water partition coefficient (Wildman–Crippen LogP) is 1.82. The van der Waals surface area contributed by atoms with E-state index in [1.54, 1.807) is 37.5 Å². The first-order chi connectivity index (χ1) is 8.70. The SMILES string of the molecule is CCOC(=O)Cn1cc(-c2ccccc2O)cn1. The number of aromatic hydroxyl groups is 1. The van der Waals surface area contributed by atoms with Gasteiger partial charge in [-0.05, 0) is 13.0 Å². The highest BCUT2D eigenvalue weighted by Crippen LogP contribution is 2.27. The number of nitrogens with zero attached hydrogens (tertiary/aromatic N) is 2. The minimum Gasteiger partial charge on any atom is -0.507 e. The Bertz CT molecular complexity index is 549. The minimum atomic E-state index is -0.329. The van der Waals surface area contributed by atoms with Crippen molar-refractivity contribution in [1.82, 2.24) is 9.78 Å². The molecule has 0 unspecified atom stereocenters. The van der Waals surface area contributed by atoms with Gasteiger partial charge >= 0.3 is 5.97 Å². The van der Waals surface area contributed by atoms with E-state index in [4.69, 9.17) is 4.74 Å². The summed E-state index contributed by atoms with van der Waals surface area (Å²) in [5.41, 5.74) is 1.45. The molecule has 1 aromatic heterocycles. The number of carbonyl (C=O) groups excluding carboxylic acids is 1. The summed E-state index contributed by atoms with van der Waals surface area (Å²) in [6.07, 6.45) is 3.31. The van der Waals surface area contributed by atoms with E-state index < -0.39 is 0 Å². The van der Waals surface area contributed by atoms with Crippen molar-refractivity contribution in [1.29, 1.82) is 0 Å². The highest BCUT2D eigenvalue weighted by molar-refractivity contribution is 5.71. The topological polar surface area (TPSA) is 64.3 Å². The molecule has 0 saturated carbocycles. The van der Waals surface area contributed by atoms with Crippen LogP contribution in [-0.4, -0.2) is 27.5 Å². The van der Waals surface area contributed by atoms with Gasteiger partial charge in [-0.1, -0.05) is 18.2 Å². The molecule has 0 aliphatic carbocycles. The number of phenolic OH excluding ortho intramolecular Hbond substituents is 1. The van der Waals surface area contributed by atoms with E-state index in [9.17, 15) is 9.90 Å². The van der Waals surface area contributed by atoms with Crippen LogP contribution < -0.4 is 0 Å². The normalized spacial score (nSPS) is 10.3. The molecule has 0 spiro atoms. The minimum absolute atomic E-state index is 0.0709. The Hall–Kier alpha value is -2.30. The molecular formula is C13H14N2O3. The third-order valence-corrected chi connectivity index (χ3v) is 2.44. The molecule has 18 heavy (non-hydrogen) atoms. The Balaban J connectivity index is 2.16. The molecule has 0 radical (unpaired) electrons. The van der Waals surface area contributed by atoms with Crippen LogP contribution in [0.3, 0.4) is 0 Å². The lowest BCUT2D eigenvalue weighted by Gasteiger charge is -2.01. The van der Waals surface area contributed by atoms with E-state index in [-0.39, 0.29) is 18.3 Å². The Kier molecular flexibility index (Phi) is 3.62. The fourth-order valence-corrected chi connectivity index (χ4v) is 1.65. The number of benzene rings is 1. The summed E-state index contributed by atoms with van der Waals surface area (Å²) < 4.78 is 6.32. The number of aromatic nitrogens is 2. The van der Waals surface area contributed by atoms with Crippen molar-refractivity contribution >= 4 is 5.97 Å². The average Bonchev–Trinajstić information content (AvgIpc) is 2.78. The maximum absolute atomic E-state index is 11.3. The largest absolute Gasteiger partial charge is 0.507 e. The van der Waals surface area contributed by atoms with E-state index in [2.05, 4.69) is 5.10 Å². The first-order valence-electron chi connectivity index (χ1n) is 5.67. The van der Waals surface area contributed by atoms with Crippen molar-refractivity contribution in [3.8, 4) is 16.9 Å². The van der Waals surface area contributed by atoms with Gasteiger partial charge in [0.1, 0.15) is 12.3 Å². The molecular weight excluding hydrogens is 232 g/mol. The molecule has 5 heteroatoms. The van der Waals surface area contributed by atoms with Gasteiger partial charge in [-0.3, -0.25) is 9.48 Å². The second kappa shape index (κ2) is 5.35. The van der Waals surface area contributed by atoms with E-state index in [0.717, 1.165) is 5.56 Å². The quantitative estimate of drug-likeness (QED) is 0.836. The predicted molar refractivity (Wildman–Crippen MR) is 66.0 cm³/mol. The molecule has 0 aliphatic rings. The van der Waals surface area contributed by atoms with E-state index in [0.29, 0.717) is 12.2 Å². The lowest BCUT2D eigenvalue weighted by atomic mass is 10.1. The maximum Gasteiger partial charge on any atom is 0.327 e. The molecule has 2 aromatic rings. The van der Waals surface area contributed by atoms with Crippen molar-refractivity contribution < 1.29 is 14.6 Å². The summed E-state index contributed by atoms with van der Waals surface area (Å²) in [6, 6.07) is 6.98. The highest BCUT2D eigenvalue weighted by Gasteiger charge is 2.08. The summed E-state index contributed by atoms with van der Waals surface area (Å²) in [5, 5.41) is 13.8.